The van der Waals surface area contributed by atoms with E-state index in [1.54, 1.807) is 0 Å². The Morgan fingerprint density at radius 3 is 2.55 bits per heavy atom. The van der Waals surface area contributed by atoms with Gasteiger partial charge in [0.1, 0.15) is 6.10 Å². The van der Waals surface area contributed by atoms with Crippen molar-refractivity contribution in [1.29, 1.82) is 0 Å². The zero-order valence-electron chi connectivity index (χ0n) is 19.8. The molecule has 3 aliphatic carbocycles. The largest absolute Gasteiger partial charge is 0.459 e. The number of hydrogen-bond donors (Lipinski definition) is 0. The molecule has 3 saturated carbocycles. The number of ether oxygens (including phenoxy) is 1. The zero-order valence-corrected chi connectivity index (χ0v) is 19.8. The number of esters is 1. The maximum Gasteiger partial charge on any atom is 0.338 e. The van der Waals surface area contributed by atoms with Crippen molar-refractivity contribution in [2.45, 2.75) is 77.4 Å². The summed E-state index contributed by atoms with van der Waals surface area (Å²) in [6.45, 7) is 4.79. The molecule has 33 heavy (non-hydrogen) atoms. The standard InChI is InChI=1S/C26H34N2O5/c1-25-12-10-20-19(8-9-22-26(20,2)13-11-23(29)27(22)3)21(25)14-18(15-25)33-24(30)16-4-6-17(7-5-16)28(31)32/h4-7,18-22H,8-15H2,1-3H3/t18?,19-,20-,21+,22?,25-,26-/m1/s1. The third-order valence-corrected chi connectivity index (χ3v) is 9.87. The highest BCUT2D eigenvalue weighted by Gasteiger charge is 2.60. The van der Waals surface area contributed by atoms with Gasteiger partial charge in [0.25, 0.3) is 5.69 Å². The minimum Gasteiger partial charge on any atom is -0.459 e. The molecule has 7 heteroatoms. The van der Waals surface area contributed by atoms with Crippen LogP contribution < -0.4 is 0 Å². The Morgan fingerprint density at radius 1 is 1.12 bits per heavy atom. The molecule has 5 rings (SSSR count). The molecule has 4 aliphatic rings. The molecule has 1 aliphatic heterocycles. The van der Waals surface area contributed by atoms with E-state index in [1.807, 2.05) is 11.9 Å². The monoisotopic (exact) mass is 454 g/mol. The van der Waals surface area contributed by atoms with E-state index in [9.17, 15) is 19.7 Å². The van der Waals surface area contributed by atoms with Crippen LogP contribution in [0.25, 0.3) is 0 Å². The Kier molecular flexibility index (Phi) is 5.29. The lowest BCUT2D eigenvalue weighted by molar-refractivity contribution is -0.384. The maximum absolute atomic E-state index is 12.8. The molecular weight excluding hydrogens is 420 g/mol. The molecular formula is C26H34N2O5. The molecule has 0 spiro atoms. The first-order valence-electron chi connectivity index (χ1n) is 12.3. The van der Waals surface area contributed by atoms with Crippen molar-refractivity contribution in [3.05, 3.63) is 39.9 Å². The molecule has 7 atom stereocenters. The van der Waals surface area contributed by atoms with E-state index in [0.29, 0.717) is 35.8 Å². The number of piperidine rings is 1. The van der Waals surface area contributed by atoms with Gasteiger partial charge in [-0.05, 0) is 85.7 Å². The van der Waals surface area contributed by atoms with Crippen molar-refractivity contribution in [3.63, 3.8) is 0 Å². The van der Waals surface area contributed by atoms with Crippen LogP contribution in [0.1, 0.15) is 75.6 Å². The van der Waals surface area contributed by atoms with Crippen LogP contribution in [0.2, 0.25) is 0 Å². The van der Waals surface area contributed by atoms with Crippen LogP contribution in [0.5, 0.6) is 0 Å². The molecule has 1 saturated heterocycles. The number of non-ortho nitro benzene ring substituents is 1. The summed E-state index contributed by atoms with van der Waals surface area (Å²) in [5.74, 6) is 1.67. The van der Waals surface area contributed by atoms with E-state index >= 15 is 0 Å². The second kappa shape index (κ2) is 7.81. The fraction of sp³-hybridized carbons (Fsp3) is 0.692. The number of likely N-dealkylation sites (tertiary alicyclic amines) is 1. The quantitative estimate of drug-likeness (QED) is 0.365. The number of benzene rings is 1. The second-order valence-corrected chi connectivity index (χ2v) is 11.4. The van der Waals surface area contributed by atoms with Crippen molar-refractivity contribution in [2.24, 2.45) is 28.6 Å². The van der Waals surface area contributed by atoms with Crippen LogP contribution in [0.15, 0.2) is 24.3 Å². The molecule has 2 unspecified atom stereocenters. The topological polar surface area (TPSA) is 89.8 Å². The van der Waals surface area contributed by atoms with Crippen LogP contribution >= 0.6 is 0 Å². The Bertz CT molecular complexity index is 977. The van der Waals surface area contributed by atoms with E-state index in [0.717, 1.165) is 38.5 Å². The lowest BCUT2D eigenvalue weighted by Gasteiger charge is -2.61. The number of nitro groups is 1. The summed E-state index contributed by atoms with van der Waals surface area (Å²) < 4.78 is 5.94. The van der Waals surface area contributed by atoms with Gasteiger partial charge in [-0.2, -0.15) is 0 Å². The van der Waals surface area contributed by atoms with Crippen LogP contribution in [0, 0.1) is 38.7 Å². The van der Waals surface area contributed by atoms with Crippen LogP contribution in [-0.2, 0) is 9.53 Å². The summed E-state index contributed by atoms with van der Waals surface area (Å²) in [4.78, 5) is 37.5. The molecule has 0 aromatic heterocycles. The molecule has 4 fully saturated rings. The smallest absolute Gasteiger partial charge is 0.338 e. The third kappa shape index (κ3) is 3.55. The number of carbonyl (C=O) groups is 2. The number of amides is 1. The molecule has 1 aromatic rings. The molecule has 0 radical (unpaired) electrons. The summed E-state index contributed by atoms with van der Waals surface area (Å²) >= 11 is 0. The molecule has 178 valence electrons. The highest BCUT2D eigenvalue weighted by atomic mass is 16.6. The summed E-state index contributed by atoms with van der Waals surface area (Å²) in [6, 6.07) is 6.00. The first kappa shape index (κ1) is 22.4. The summed E-state index contributed by atoms with van der Waals surface area (Å²) in [7, 11) is 1.99. The Balaban J connectivity index is 1.30. The molecule has 1 aromatic carbocycles. The van der Waals surface area contributed by atoms with Gasteiger partial charge in [-0.3, -0.25) is 14.9 Å². The van der Waals surface area contributed by atoms with Gasteiger partial charge in [0.05, 0.1) is 10.5 Å². The predicted molar refractivity (Wildman–Crippen MR) is 122 cm³/mol. The highest BCUT2D eigenvalue weighted by molar-refractivity contribution is 5.89. The fourth-order valence-electron chi connectivity index (χ4n) is 8.17. The first-order chi connectivity index (χ1) is 15.6. The minimum absolute atomic E-state index is 0.0313. The van der Waals surface area contributed by atoms with Crippen LogP contribution in [0.4, 0.5) is 5.69 Å². The fourth-order valence-corrected chi connectivity index (χ4v) is 8.17. The number of fused-ring (bicyclic) bond motifs is 5. The van der Waals surface area contributed by atoms with Crippen molar-refractivity contribution in [1.82, 2.24) is 4.90 Å². The Labute approximate surface area is 195 Å². The van der Waals surface area contributed by atoms with Gasteiger partial charge in [0.2, 0.25) is 5.91 Å². The second-order valence-electron chi connectivity index (χ2n) is 11.4. The third-order valence-electron chi connectivity index (χ3n) is 9.87. The van der Waals surface area contributed by atoms with Crippen LogP contribution in [-0.4, -0.2) is 40.9 Å². The van der Waals surface area contributed by atoms with Crippen molar-refractivity contribution in [3.8, 4) is 0 Å². The van der Waals surface area contributed by atoms with Gasteiger partial charge in [0.15, 0.2) is 0 Å². The van der Waals surface area contributed by atoms with Crippen LogP contribution in [0.3, 0.4) is 0 Å². The maximum atomic E-state index is 12.8. The van der Waals surface area contributed by atoms with Crippen molar-refractivity contribution < 1.29 is 19.2 Å². The van der Waals surface area contributed by atoms with Crippen molar-refractivity contribution >= 4 is 17.6 Å². The predicted octanol–water partition coefficient (Wildman–Crippen LogP) is 4.98. The number of hydrogen-bond acceptors (Lipinski definition) is 5. The molecule has 1 heterocycles. The van der Waals surface area contributed by atoms with Gasteiger partial charge in [-0.25, -0.2) is 4.79 Å². The van der Waals surface area contributed by atoms with Gasteiger partial charge in [0, 0.05) is 31.6 Å². The molecule has 1 amide bonds. The summed E-state index contributed by atoms with van der Waals surface area (Å²) in [5.41, 5.74) is 0.694. The molecule has 0 bridgehead atoms. The van der Waals surface area contributed by atoms with E-state index in [2.05, 4.69) is 13.8 Å². The number of carbonyl (C=O) groups excluding carboxylic acids is 2. The molecule has 0 N–H and O–H groups in total. The number of nitrogens with zero attached hydrogens (tertiary/aromatic N) is 2. The summed E-state index contributed by atoms with van der Waals surface area (Å²) in [5, 5.41) is 10.9. The normalized spacial score (nSPS) is 39.9. The zero-order chi connectivity index (χ0) is 23.5. The average Bonchev–Trinajstić information content (AvgIpc) is 3.12. The first-order valence-corrected chi connectivity index (χ1v) is 12.3. The van der Waals surface area contributed by atoms with Crippen molar-refractivity contribution in [2.75, 3.05) is 7.05 Å². The lowest BCUT2D eigenvalue weighted by Crippen LogP contribution is -2.61. The van der Waals surface area contributed by atoms with E-state index in [1.165, 1.54) is 30.7 Å². The minimum atomic E-state index is -0.469. The van der Waals surface area contributed by atoms with E-state index < -0.39 is 10.9 Å². The average molecular weight is 455 g/mol. The van der Waals surface area contributed by atoms with Gasteiger partial charge < -0.3 is 9.64 Å². The Hall–Kier alpha value is -2.44. The lowest BCUT2D eigenvalue weighted by atomic mass is 9.47. The number of rotatable bonds is 3. The van der Waals surface area contributed by atoms with Gasteiger partial charge in [-0.15, -0.1) is 0 Å². The van der Waals surface area contributed by atoms with Gasteiger partial charge >= 0.3 is 5.97 Å². The number of nitro benzene ring substituents is 1. The highest BCUT2D eigenvalue weighted by Crippen LogP contribution is 2.65. The van der Waals surface area contributed by atoms with E-state index in [-0.39, 0.29) is 28.5 Å². The Morgan fingerprint density at radius 2 is 1.85 bits per heavy atom. The summed E-state index contributed by atoms with van der Waals surface area (Å²) in [6.07, 6.45) is 7.87. The SMILES string of the molecule is CN1C(=O)CC[C@@]2(C)C1CC[C@@H]1[C@H]2CC[C@]2(C)CC(OC(=O)c3ccc([N+](=O)[O-])cc3)C[C@@H]12. The van der Waals surface area contributed by atoms with Gasteiger partial charge in [-0.1, -0.05) is 13.8 Å². The van der Waals surface area contributed by atoms with E-state index in [4.69, 9.17) is 4.74 Å². The molecule has 7 nitrogen and oxygen atoms in total.